The maximum absolute atomic E-state index is 6.09. The first kappa shape index (κ1) is 22.3. The van der Waals surface area contributed by atoms with Gasteiger partial charge in [0, 0.05) is 5.41 Å². The van der Waals surface area contributed by atoms with E-state index in [0.29, 0.717) is 6.61 Å². The molecule has 1 saturated heterocycles. The van der Waals surface area contributed by atoms with Crippen LogP contribution in [0.4, 0.5) is 0 Å². The second-order valence-electron chi connectivity index (χ2n) is 9.51. The molecule has 1 aliphatic heterocycles. The first-order chi connectivity index (χ1) is 14.1. The molecular formula is C25H34N3OS+. The van der Waals surface area contributed by atoms with Crippen molar-refractivity contribution < 1.29 is 9.73 Å². The van der Waals surface area contributed by atoms with Gasteiger partial charge in [0.15, 0.2) is 0 Å². The molecule has 0 saturated carbocycles. The quantitative estimate of drug-likeness (QED) is 0.694. The minimum atomic E-state index is -0.289. The molecule has 0 bridgehead atoms. The number of nitrogens with zero attached hydrogens (tertiary/aromatic N) is 1. The van der Waals surface area contributed by atoms with E-state index in [9.17, 15) is 0 Å². The Labute approximate surface area is 186 Å². The van der Waals surface area contributed by atoms with Gasteiger partial charge in [0.05, 0.1) is 6.04 Å². The third-order valence-corrected chi connectivity index (χ3v) is 6.16. The van der Waals surface area contributed by atoms with Crippen molar-refractivity contribution in [2.45, 2.75) is 59.2 Å². The molecule has 2 aromatic carbocycles. The topological polar surface area (TPSA) is 38.5 Å². The largest absolute Gasteiger partial charge is 0.489 e. The molecule has 5 heteroatoms. The standard InChI is InChI=1S/C25H33N3OS/c1-18(19-13-9-7-10-14-19)28-23(30)27-22(25(28,5)6)26-21(24(2,3)4)17-29-20-15-11-8-12-16-20/h7-16,18,21H,17H2,1-6H3,(H,26,27,30)/p+1/t18-,21+/m1/s1. The van der Waals surface area contributed by atoms with Gasteiger partial charge in [-0.05, 0) is 50.7 Å². The molecule has 1 heterocycles. The third kappa shape index (κ3) is 4.84. The smallest absolute Gasteiger partial charge is 0.275 e. The lowest BCUT2D eigenvalue weighted by Gasteiger charge is -2.34. The molecule has 0 spiro atoms. The van der Waals surface area contributed by atoms with Crippen LogP contribution in [0, 0.1) is 5.41 Å². The van der Waals surface area contributed by atoms with Crippen molar-refractivity contribution in [3.63, 3.8) is 0 Å². The summed E-state index contributed by atoms with van der Waals surface area (Å²) < 4.78 is 6.09. The van der Waals surface area contributed by atoms with Gasteiger partial charge in [-0.3, -0.25) is 4.99 Å². The molecule has 0 radical (unpaired) electrons. The van der Waals surface area contributed by atoms with Gasteiger partial charge < -0.3 is 9.64 Å². The lowest BCUT2D eigenvalue weighted by atomic mass is 9.87. The van der Waals surface area contributed by atoms with Crippen molar-refractivity contribution in [2.24, 2.45) is 5.41 Å². The first-order valence-electron chi connectivity index (χ1n) is 10.6. The van der Waals surface area contributed by atoms with E-state index in [-0.39, 0.29) is 23.0 Å². The highest BCUT2D eigenvalue weighted by atomic mass is 32.1. The lowest BCUT2D eigenvalue weighted by Crippen LogP contribution is -2.88. The summed E-state index contributed by atoms with van der Waals surface area (Å²) in [7, 11) is 0. The predicted molar refractivity (Wildman–Crippen MR) is 128 cm³/mol. The van der Waals surface area contributed by atoms with Gasteiger partial charge in [-0.2, -0.15) is 0 Å². The van der Waals surface area contributed by atoms with Crippen molar-refractivity contribution in [1.82, 2.24) is 10.2 Å². The highest BCUT2D eigenvalue weighted by molar-refractivity contribution is 7.80. The van der Waals surface area contributed by atoms with Crippen molar-refractivity contribution >= 4 is 23.2 Å². The van der Waals surface area contributed by atoms with E-state index in [1.165, 1.54) is 5.56 Å². The van der Waals surface area contributed by atoms with E-state index in [0.717, 1.165) is 16.7 Å². The summed E-state index contributed by atoms with van der Waals surface area (Å²) in [5.74, 6) is 1.90. The maximum atomic E-state index is 6.09. The summed E-state index contributed by atoms with van der Waals surface area (Å²) in [6, 6.07) is 20.7. The van der Waals surface area contributed by atoms with E-state index in [2.05, 4.69) is 81.0 Å². The minimum Gasteiger partial charge on any atom is -0.489 e. The summed E-state index contributed by atoms with van der Waals surface area (Å²) in [5, 5.41) is 4.20. The van der Waals surface area contributed by atoms with E-state index in [4.69, 9.17) is 17.0 Å². The fourth-order valence-electron chi connectivity index (χ4n) is 3.83. The molecule has 2 N–H and O–H groups in total. The molecule has 30 heavy (non-hydrogen) atoms. The monoisotopic (exact) mass is 424 g/mol. The molecule has 1 fully saturated rings. The van der Waals surface area contributed by atoms with Crippen molar-refractivity contribution in [3.8, 4) is 5.75 Å². The van der Waals surface area contributed by atoms with E-state index < -0.39 is 0 Å². The third-order valence-electron chi connectivity index (χ3n) is 5.86. The van der Waals surface area contributed by atoms with Crippen molar-refractivity contribution in [1.29, 1.82) is 0 Å². The summed E-state index contributed by atoms with van der Waals surface area (Å²) in [5.41, 5.74) is 0.957. The molecule has 3 rings (SSSR count). The Bertz CT molecular complexity index is 888. The highest BCUT2D eigenvalue weighted by Gasteiger charge is 2.50. The number of hydrogen-bond donors (Lipinski definition) is 2. The zero-order valence-electron chi connectivity index (χ0n) is 18.9. The lowest BCUT2D eigenvalue weighted by molar-refractivity contribution is -0.529. The van der Waals surface area contributed by atoms with Crippen LogP contribution >= 0.6 is 12.2 Å². The molecule has 2 atom stereocenters. The average Bonchev–Trinajstić information content (AvgIpc) is 2.93. The molecule has 1 aliphatic rings. The van der Waals surface area contributed by atoms with E-state index >= 15 is 0 Å². The molecule has 0 aromatic heterocycles. The Hall–Kier alpha value is -2.40. The number of rotatable bonds is 6. The van der Waals surface area contributed by atoms with Crippen LogP contribution in [0.3, 0.4) is 0 Å². The molecule has 160 valence electrons. The molecule has 4 nitrogen and oxygen atoms in total. The number of nitrogens with one attached hydrogen (secondary N) is 2. The maximum Gasteiger partial charge on any atom is 0.275 e. The fourth-order valence-corrected chi connectivity index (χ4v) is 4.31. The van der Waals surface area contributed by atoms with Crippen LogP contribution in [0.25, 0.3) is 0 Å². The molecular weight excluding hydrogens is 390 g/mol. The van der Waals surface area contributed by atoms with Gasteiger partial charge in [0.2, 0.25) is 0 Å². The van der Waals surface area contributed by atoms with E-state index in [1.807, 2.05) is 36.4 Å². The normalized spacial score (nSPS) is 19.5. The Kier molecular flexibility index (Phi) is 6.51. The molecule has 0 aliphatic carbocycles. The first-order valence-corrected chi connectivity index (χ1v) is 11.0. The van der Waals surface area contributed by atoms with Gasteiger partial charge in [0.25, 0.3) is 10.9 Å². The van der Waals surface area contributed by atoms with Crippen LogP contribution in [-0.2, 0) is 0 Å². The van der Waals surface area contributed by atoms with Gasteiger partial charge in [0.1, 0.15) is 23.9 Å². The average molecular weight is 425 g/mol. The Morgan fingerprint density at radius 2 is 1.60 bits per heavy atom. The van der Waals surface area contributed by atoms with E-state index in [1.54, 1.807) is 0 Å². The summed E-state index contributed by atoms with van der Waals surface area (Å²) >= 11 is 5.75. The second kappa shape index (κ2) is 8.76. The van der Waals surface area contributed by atoms with Crippen LogP contribution in [-0.4, -0.2) is 34.0 Å². The van der Waals surface area contributed by atoms with Crippen LogP contribution in [0.2, 0.25) is 0 Å². The second-order valence-corrected chi connectivity index (χ2v) is 9.89. The van der Waals surface area contributed by atoms with Crippen molar-refractivity contribution in [2.75, 3.05) is 6.61 Å². The molecule has 0 amide bonds. The zero-order chi connectivity index (χ0) is 21.9. The highest BCUT2D eigenvalue weighted by Crippen LogP contribution is 2.31. The Morgan fingerprint density at radius 3 is 2.17 bits per heavy atom. The van der Waals surface area contributed by atoms with Crippen LogP contribution < -0.4 is 15.0 Å². The minimum absolute atomic E-state index is 0.000372. The Balaban J connectivity index is 1.85. The summed E-state index contributed by atoms with van der Waals surface area (Å²) in [6.45, 7) is 13.9. The fraction of sp³-hybridized carbons (Fsp3) is 0.440. The zero-order valence-corrected chi connectivity index (χ0v) is 19.7. The number of thiocarbonyl (C=S) groups is 1. The molecule has 2 aromatic rings. The van der Waals surface area contributed by atoms with Gasteiger partial charge in [-0.25, -0.2) is 5.32 Å². The van der Waals surface area contributed by atoms with Crippen LogP contribution in [0.1, 0.15) is 53.1 Å². The number of hydrogen-bond acceptors (Lipinski definition) is 2. The summed E-state index contributed by atoms with van der Waals surface area (Å²) in [4.78, 5) is 6.01. The number of ether oxygens (including phenoxy) is 1. The summed E-state index contributed by atoms with van der Waals surface area (Å²) in [6.07, 6.45) is 0. The predicted octanol–water partition coefficient (Wildman–Crippen LogP) is 3.69. The number of amidine groups is 1. The SMILES string of the molecule is C[C@H](c1ccccc1)N1C(=S)NC(=[NH+][C@@H](COc2ccccc2)C(C)(C)C)C1(C)C. The van der Waals surface area contributed by atoms with Crippen LogP contribution in [0.15, 0.2) is 60.7 Å². The van der Waals surface area contributed by atoms with Crippen LogP contribution in [0.5, 0.6) is 5.75 Å². The number of benzene rings is 2. The van der Waals surface area contributed by atoms with Gasteiger partial charge >= 0.3 is 0 Å². The Morgan fingerprint density at radius 1 is 1.03 bits per heavy atom. The van der Waals surface area contributed by atoms with Gasteiger partial charge in [-0.1, -0.05) is 69.3 Å². The van der Waals surface area contributed by atoms with Gasteiger partial charge in [-0.15, -0.1) is 0 Å². The number of para-hydroxylation sites is 1. The molecule has 0 unspecified atom stereocenters. The van der Waals surface area contributed by atoms with Crippen molar-refractivity contribution in [3.05, 3.63) is 66.2 Å².